The molecule has 4 aromatic rings. The highest BCUT2D eigenvalue weighted by atomic mass is 19.1. The van der Waals surface area contributed by atoms with Crippen molar-refractivity contribution in [1.29, 1.82) is 0 Å². The molecule has 0 aliphatic heterocycles. The van der Waals surface area contributed by atoms with Crippen molar-refractivity contribution in [3.63, 3.8) is 0 Å². The van der Waals surface area contributed by atoms with E-state index in [0.717, 1.165) is 22.3 Å². The SMILES string of the molecule is Cc1ccc(/C(=C/C(=O)c2ccc(N[C@H](C)c3ccccc3)cc2F)N[C@H](C)c2ccccc2)cc1. The summed E-state index contributed by atoms with van der Waals surface area (Å²) in [6, 6.07) is 32.5. The first-order valence-corrected chi connectivity index (χ1v) is 12.2. The Morgan fingerprint density at radius 3 is 1.94 bits per heavy atom. The van der Waals surface area contributed by atoms with E-state index >= 15 is 4.39 Å². The van der Waals surface area contributed by atoms with Crippen LogP contribution in [0.3, 0.4) is 0 Å². The van der Waals surface area contributed by atoms with Gasteiger partial charge in [0.2, 0.25) is 0 Å². The number of halogens is 1. The molecule has 36 heavy (non-hydrogen) atoms. The van der Waals surface area contributed by atoms with Crippen LogP contribution < -0.4 is 10.6 Å². The van der Waals surface area contributed by atoms with E-state index in [0.29, 0.717) is 11.4 Å². The predicted octanol–water partition coefficient (Wildman–Crippen LogP) is 7.88. The summed E-state index contributed by atoms with van der Waals surface area (Å²) < 4.78 is 15.1. The van der Waals surface area contributed by atoms with Gasteiger partial charge in [0.15, 0.2) is 5.78 Å². The fraction of sp³-hybridized carbons (Fsp3) is 0.156. The second-order valence-electron chi connectivity index (χ2n) is 9.04. The predicted molar refractivity (Wildman–Crippen MR) is 146 cm³/mol. The van der Waals surface area contributed by atoms with Gasteiger partial charge in [-0.25, -0.2) is 4.39 Å². The summed E-state index contributed by atoms with van der Waals surface area (Å²) in [7, 11) is 0. The largest absolute Gasteiger partial charge is 0.378 e. The highest BCUT2D eigenvalue weighted by Gasteiger charge is 2.15. The van der Waals surface area contributed by atoms with Crippen molar-refractivity contribution in [2.24, 2.45) is 0 Å². The second-order valence-corrected chi connectivity index (χ2v) is 9.04. The van der Waals surface area contributed by atoms with E-state index < -0.39 is 11.6 Å². The quantitative estimate of drug-likeness (QED) is 0.190. The summed E-state index contributed by atoms with van der Waals surface area (Å²) in [5.41, 5.74) is 5.49. The Morgan fingerprint density at radius 2 is 1.36 bits per heavy atom. The lowest BCUT2D eigenvalue weighted by atomic mass is 10.0. The molecular formula is C32H31FN2O. The first kappa shape index (κ1) is 24.9. The van der Waals surface area contributed by atoms with Crippen LogP contribution in [-0.2, 0) is 0 Å². The molecule has 0 aliphatic carbocycles. The van der Waals surface area contributed by atoms with Crippen molar-refractivity contribution in [1.82, 2.24) is 5.32 Å². The van der Waals surface area contributed by atoms with E-state index in [9.17, 15) is 4.79 Å². The number of ketones is 1. The van der Waals surface area contributed by atoms with E-state index in [1.807, 2.05) is 106 Å². The molecule has 2 N–H and O–H groups in total. The van der Waals surface area contributed by atoms with Gasteiger partial charge in [0.1, 0.15) is 5.82 Å². The van der Waals surface area contributed by atoms with E-state index in [4.69, 9.17) is 0 Å². The molecule has 182 valence electrons. The molecule has 3 nitrogen and oxygen atoms in total. The van der Waals surface area contributed by atoms with Gasteiger partial charge in [-0.3, -0.25) is 4.79 Å². The van der Waals surface area contributed by atoms with Crippen LogP contribution >= 0.6 is 0 Å². The minimum Gasteiger partial charge on any atom is -0.378 e. The lowest BCUT2D eigenvalue weighted by molar-refractivity contribution is 0.104. The molecule has 0 heterocycles. The third kappa shape index (κ3) is 6.28. The van der Waals surface area contributed by atoms with Gasteiger partial charge >= 0.3 is 0 Å². The molecule has 4 aromatic carbocycles. The molecule has 4 heteroatoms. The Labute approximate surface area is 212 Å². The summed E-state index contributed by atoms with van der Waals surface area (Å²) >= 11 is 0. The third-order valence-corrected chi connectivity index (χ3v) is 6.23. The Bertz CT molecular complexity index is 1330. The Hall–Kier alpha value is -4.18. The zero-order valence-corrected chi connectivity index (χ0v) is 20.8. The number of benzene rings is 4. The van der Waals surface area contributed by atoms with E-state index in [-0.39, 0.29) is 17.6 Å². The van der Waals surface area contributed by atoms with Crippen molar-refractivity contribution in [3.8, 4) is 0 Å². The number of rotatable bonds is 9. The number of anilines is 1. The minimum atomic E-state index is -0.555. The number of carbonyl (C=O) groups is 1. The van der Waals surface area contributed by atoms with Crippen LogP contribution in [0.1, 0.15) is 58.5 Å². The highest BCUT2D eigenvalue weighted by molar-refractivity contribution is 6.08. The average Bonchev–Trinajstić information content (AvgIpc) is 2.89. The summed E-state index contributed by atoms with van der Waals surface area (Å²) in [4.78, 5) is 13.2. The molecule has 0 spiro atoms. The van der Waals surface area contributed by atoms with Crippen LogP contribution in [-0.4, -0.2) is 5.78 Å². The standard InChI is InChI=1S/C32H31FN2O/c1-22-14-16-27(17-15-22)31(35-24(3)26-12-8-5-9-13-26)21-32(36)29-19-18-28(20-30(29)33)34-23(2)25-10-6-4-7-11-25/h4-21,23-24,34-35H,1-3H3/b31-21-/t23-,24-/m1/s1. The second kappa shape index (κ2) is 11.5. The number of hydrogen-bond donors (Lipinski definition) is 2. The van der Waals surface area contributed by atoms with E-state index in [2.05, 4.69) is 10.6 Å². The first-order chi connectivity index (χ1) is 17.4. The number of hydrogen-bond acceptors (Lipinski definition) is 3. The molecule has 0 saturated heterocycles. The molecule has 0 aromatic heterocycles. The van der Waals surface area contributed by atoms with Crippen molar-refractivity contribution in [3.05, 3.63) is 143 Å². The molecule has 0 fully saturated rings. The highest BCUT2D eigenvalue weighted by Crippen LogP contribution is 2.24. The molecule has 0 saturated carbocycles. The van der Waals surface area contributed by atoms with Crippen LogP contribution in [0.4, 0.5) is 10.1 Å². The lowest BCUT2D eigenvalue weighted by Gasteiger charge is -2.19. The Morgan fingerprint density at radius 1 is 0.778 bits per heavy atom. The van der Waals surface area contributed by atoms with Crippen LogP contribution in [0.25, 0.3) is 5.70 Å². The minimum absolute atomic E-state index is 0.00358. The molecule has 0 amide bonds. The van der Waals surface area contributed by atoms with Crippen molar-refractivity contribution in [2.45, 2.75) is 32.9 Å². The summed E-state index contributed by atoms with van der Waals surface area (Å²) in [6.45, 7) is 6.07. The first-order valence-electron chi connectivity index (χ1n) is 12.2. The lowest BCUT2D eigenvalue weighted by Crippen LogP contribution is -2.18. The fourth-order valence-electron chi connectivity index (χ4n) is 4.09. The molecule has 2 atom stereocenters. The third-order valence-electron chi connectivity index (χ3n) is 6.23. The molecule has 4 rings (SSSR count). The number of carbonyl (C=O) groups excluding carboxylic acids is 1. The van der Waals surface area contributed by atoms with Crippen molar-refractivity contribution < 1.29 is 9.18 Å². The maximum atomic E-state index is 15.1. The molecule has 0 radical (unpaired) electrons. The number of allylic oxidation sites excluding steroid dienone is 1. The smallest absolute Gasteiger partial charge is 0.190 e. The van der Waals surface area contributed by atoms with Gasteiger partial charge in [-0.05, 0) is 55.7 Å². The zero-order valence-electron chi connectivity index (χ0n) is 20.8. The van der Waals surface area contributed by atoms with Crippen LogP contribution in [0.5, 0.6) is 0 Å². The van der Waals surface area contributed by atoms with Crippen LogP contribution in [0.2, 0.25) is 0 Å². The van der Waals surface area contributed by atoms with Crippen LogP contribution in [0.15, 0.2) is 109 Å². The van der Waals surface area contributed by atoms with Gasteiger partial charge < -0.3 is 10.6 Å². The maximum Gasteiger partial charge on any atom is 0.190 e. The summed E-state index contributed by atoms with van der Waals surface area (Å²) in [5.74, 6) is -0.945. The van der Waals surface area contributed by atoms with Gasteiger partial charge in [-0.1, -0.05) is 90.5 Å². The average molecular weight is 479 g/mol. The van der Waals surface area contributed by atoms with Gasteiger partial charge in [0.25, 0.3) is 0 Å². The van der Waals surface area contributed by atoms with Gasteiger partial charge in [-0.2, -0.15) is 0 Å². The molecular weight excluding hydrogens is 447 g/mol. The topological polar surface area (TPSA) is 41.1 Å². The van der Waals surface area contributed by atoms with Crippen molar-refractivity contribution >= 4 is 17.2 Å². The Balaban J connectivity index is 1.58. The summed E-state index contributed by atoms with van der Waals surface area (Å²) in [5, 5.41) is 6.75. The van der Waals surface area contributed by atoms with Gasteiger partial charge in [0.05, 0.1) is 5.56 Å². The zero-order chi connectivity index (χ0) is 25.5. The van der Waals surface area contributed by atoms with Crippen LogP contribution in [0, 0.1) is 12.7 Å². The molecule has 0 aliphatic rings. The maximum absolute atomic E-state index is 15.1. The molecule has 0 bridgehead atoms. The van der Waals surface area contributed by atoms with Crippen molar-refractivity contribution in [2.75, 3.05) is 5.32 Å². The normalized spacial score (nSPS) is 13.1. The monoisotopic (exact) mass is 478 g/mol. The van der Waals surface area contributed by atoms with Gasteiger partial charge in [0, 0.05) is 29.5 Å². The fourth-order valence-corrected chi connectivity index (χ4v) is 4.09. The number of nitrogens with one attached hydrogen (secondary N) is 2. The number of aryl methyl sites for hydroxylation is 1. The molecule has 0 unspecified atom stereocenters. The van der Waals surface area contributed by atoms with E-state index in [1.54, 1.807) is 12.1 Å². The van der Waals surface area contributed by atoms with Gasteiger partial charge in [-0.15, -0.1) is 0 Å². The summed E-state index contributed by atoms with van der Waals surface area (Å²) in [6.07, 6.45) is 1.49. The van der Waals surface area contributed by atoms with E-state index in [1.165, 1.54) is 12.1 Å². The Kier molecular flexibility index (Phi) is 7.96.